The SMILES string of the molecule is Cc1n[nH]c(C)c1NC(=O)N1CCOC(C(=O)O)C1. The quantitative estimate of drug-likeness (QED) is 0.717. The lowest BCUT2D eigenvalue weighted by atomic mass is 10.3. The van der Waals surface area contributed by atoms with Gasteiger partial charge in [-0.05, 0) is 13.8 Å². The summed E-state index contributed by atoms with van der Waals surface area (Å²) in [5, 5.41) is 18.4. The van der Waals surface area contributed by atoms with Crippen LogP contribution < -0.4 is 5.32 Å². The fourth-order valence-electron chi connectivity index (χ4n) is 1.90. The van der Waals surface area contributed by atoms with Crippen LogP contribution in [-0.2, 0) is 9.53 Å². The maximum atomic E-state index is 12.1. The van der Waals surface area contributed by atoms with E-state index in [-0.39, 0.29) is 19.2 Å². The average molecular weight is 268 g/mol. The van der Waals surface area contributed by atoms with Gasteiger partial charge in [0.05, 0.1) is 30.2 Å². The summed E-state index contributed by atoms with van der Waals surface area (Å²) in [6.07, 6.45) is -0.967. The number of urea groups is 1. The highest BCUT2D eigenvalue weighted by molar-refractivity contribution is 5.91. The van der Waals surface area contributed by atoms with E-state index in [1.165, 1.54) is 4.90 Å². The second-order valence-electron chi connectivity index (χ2n) is 4.38. The highest BCUT2D eigenvalue weighted by Gasteiger charge is 2.29. The summed E-state index contributed by atoms with van der Waals surface area (Å²) in [7, 11) is 0. The number of aliphatic carboxylic acids is 1. The molecule has 0 aliphatic carbocycles. The lowest BCUT2D eigenvalue weighted by Gasteiger charge is -2.30. The van der Waals surface area contributed by atoms with E-state index >= 15 is 0 Å². The first kappa shape index (κ1) is 13.3. The Morgan fingerprint density at radius 2 is 2.26 bits per heavy atom. The van der Waals surface area contributed by atoms with Gasteiger partial charge >= 0.3 is 12.0 Å². The zero-order valence-electron chi connectivity index (χ0n) is 10.8. The van der Waals surface area contributed by atoms with Crippen molar-refractivity contribution in [2.45, 2.75) is 20.0 Å². The number of carboxylic acids is 1. The van der Waals surface area contributed by atoms with E-state index in [0.29, 0.717) is 17.9 Å². The molecule has 1 aromatic rings. The van der Waals surface area contributed by atoms with Gasteiger partial charge in [0.25, 0.3) is 0 Å². The standard InChI is InChI=1S/C11H16N4O4/c1-6-9(7(2)14-13-6)12-11(18)15-3-4-19-8(5-15)10(16)17/h8H,3-5H2,1-2H3,(H,12,18)(H,13,14)(H,16,17). The number of aryl methyl sites for hydroxylation is 2. The van der Waals surface area contributed by atoms with Crippen LogP contribution in [0, 0.1) is 13.8 Å². The van der Waals surface area contributed by atoms with E-state index < -0.39 is 12.1 Å². The van der Waals surface area contributed by atoms with Gasteiger partial charge in [-0.1, -0.05) is 0 Å². The molecule has 1 aliphatic heterocycles. The van der Waals surface area contributed by atoms with Crippen molar-refractivity contribution in [2.75, 3.05) is 25.0 Å². The highest BCUT2D eigenvalue weighted by Crippen LogP contribution is 2.17. The van der Waals surface area contributed by atoms with Gasteiger partial charge in [0.1, 0.15) is 0 Å². The first-order valence-electron chi connectivity index (χ1n) is 5.91. The molecule has 1 unspecified atom stereocenters. The number of hydrogen-bond donors (Lipinski definition) is 3. The van der Waals surface area contributed by atoms with Crippen molar-refractivity contribution in [2.24, 2.45) is 0 Å². The Hall–Kier alpha value is -2.09. The van der Waals surface area contributed by atoms with Crippen LogP contribution in [0.25, 0.3) is 0 Å². The molecule has 3 N–H and O–H groups in total. The first-order valence-corrected chi connectivity index (χ1v) is 5.91. The number of carboxylic acid groups (broad SMARTS) is 1. The van der Waals surface area contributed by atoms with Crippen molar-refractivity contribution >= 4 is 17.7 Å². The number of H-pyrrole nitrogens is 1. The first-order chi connectivity index (χ1) is 8.99. The number of nitrogens with one attached hydrogen (secondary N) is 2. The zero-order chi connectivity index (χ0) is 14.0. The molecule has 1 fully saturated rings. The lowest BCUT2D eigenvalue weighted by Crippen LogP contribution is -2.50. The fourth-order valence-corrected chi connectivity index (χ4v) is 1.90. The van der Waals surface area contributed by atoms with Crippen molar-refractivity contribution in [1.29, 1.82) is 0 Å². The molecule has 2 heterocycles. The molecule has 1 aromatic heterocycles. The third-order valence-corrected chi connectivity index (χ3v) is 2.99. The summed E-state index contributed by atoms with van der Waals surface area (Å²) in [6.45, 7) is 4.20. The number of morpholine rings is 1. The number of carbonyl (C=O) groups excluding carboxylic acids is 1. The van der Waals surface area contributed by atoms with Gasteiger partial charge in [-0.3, -0.25) is 5.10 Å². The third kappa shape index (κ3) is 2.84. The van der Waals surface area contributed by atoms with Gasteiger partial charge in [-0.15, -0.1) is 0 Å². The third-order valence-electron chi connectivity index (χ3n) is 2.99. The highest BCUT2D eigenvalue weighted by atomic mass is 16.5. The Labute approximate surface area is 109 Å². The van der Waals surface area contributed by atoms with Crippen molar-refractivity contribution < 1.29 is 19.4 Å². The van der Waals surface area contributed by atoms with Gasteiger partial charge in [-0.25, -0.2) is 9.59 Å². The van der Waals surface area contributed by atoms with E-state index in [1.807, 2.05) is 0 Å². The summed E-state index contributed by atoms with van der Waals surface area (Å²) in [4.78, 5) is 24.3. The topological polar surface area (TPSA) is 108 Å². The van der Waals surface area contributed by atoms with Crippen molar-refractivity contribution in [3.63, 3.8) is 0 Å². The average Bonchev–Trinajstić information content (AvgIpc) is 2.70. The molecule has 1 saturated heterocycles. The Bertz CT molecular complexity index is 479. The summed E-state index contributed by atoms with van der Waals surface area (Å²) in [5.41, 5.74) is 2.08. The zero-order valence-corrected chi connectivity index (χ0v) is 10.8. The second-order valence-corrected chi connectivity index (χ2v) is 4.38. The van der Waals surface area contributed by atoms with Crippen LogP contribution in [0.3, 0.4) is 0 Å². The van der Waals surface area contributed by atoms with E-state index in [2.05, 4.69) is 15.5 Å². The van der Waals surface area contributed by atoms with Crippen molar-refractivity contribution in [3.05, 3.63) is 11.4 Å². The van der Waals surface area contributed by atoms with Crippen LogP contribution in [-0.4, -0.2) is 58.0 Å². The van der Waals surface area contributed by atoms with Crippen LogP contribution in [0.1, 0.15) is 11.4 Å². The molecule has 0 spiro atoms. The molecule has 1 atom stereocenters. The van der Waals surface area contributed by atoms with E-state index in [9.17, 15) is 9.59 Å². The molecule has 19 heavy (non-hydrogen) atoms. The summed E-state index contributed by atoms with van der Waals surface area (Å²) in [6, 6.07) is -0.345. The molecule has 0 aromatic carbocycles. The van der Waals surface area contributed by atoms with E-state index in [4.69, 9.17) is 9.84 Å². The maximum Gasteiger partial charge on any atom is 0.334 e. The molecule has 2 rings (SSSR count). The monoisotopic (exact) mass is 268 g/mol. The Balaban J connectivity index is 2.02. The fraction of sp³-hybridized carbons (Fsp3) is 0.545. The minimum atomic E-state index is -1.06. The van der Waals surface area contributed by atoms with E-state index in [0.717, 1.165) is 5.69 Å². The molecule has 1 aliphatic rings. The number of nitrogens with zero attached hydrogens (tertiary/aromatic N) is 2. The molecule has 0 bridgehead atoms. The molecule has 2 amide bonds. The van der Waals surface area contributed by atoms with Gasteiger partial charge in [0, 0.05) is 6.54 Å². The van der Waals surface area contributed by atoms with E-state index in [1.54, 1.807) is 13.8 Å². The number of anilines is 1. The van der Waals surface area contributed by atoms with Gasteiger partial charge in [0.2, 0.25) is 0 Å². The minimum absolute atomic E-state index is 0.0388. The molecular weight excluding hydrogens is 252 g/mol. The number of ether oxygens (including phenoxy) is 1. The molecule has 0 radical (unpaired) electrons. The van der Waals surface area contributed by atoms with Gasteiger partial charge in [0.15, 0.2) is 6.10 Å². The van der Waals surface area contributed by atoms with Crippen LogP contribution >= 0.6 is 0 Å². The normalized spacial score (nSPS) is 19.3. The van der Waals surface area contributed by atoms with Gasteiger partial charge in [-0.2, -0.15) is 5.10 Å². The Morgan fingerprint density at radius 1 is 1.53 bits per heavy atom. The molecular formula is C11H16N4O4. The number of amides is 2. The summed E-state index contributed by atoms with van der Waals surface area (Å²) >= 11 is 0. The largest absolute Gasteiger partial charge is 0.479 e. The predicted molar refractivity (Wildman–Crippen MR) is 66.0 cm³/mol. The van der Waals surface area contributed by atoms with Gasteiger partial charge < -0.3 is 20.1 Å². The van der Waals surface area contributed by atoms with Crippen LogP contribution in [0.2, 0.25) is 0 Å². The lowest BCUT2D eigenvalue weighted by molar-refractivity contribution is -0.154. The van der Waals surface area contributed by atoms with Crippen molar-refractivity contribution in [3.8, 4) is 0 Å². The van der Waals surface area contributed by atoms with Crippen LogP contribution in [0.4, 0.5) is 10.5 Å². The number of aromatic amines is 1. The Morgan fingerprint density at radius 3 is 2.84 bits per heavy atom. The Kier molecular flexibility index (Phi) is 3.70. The summed E-state index contributed by atoms with van der Waals surface area (Å²) in [5.74, 6) is -1.06. The van der Waals surface area contributed by atoms with Crippen molar-refractivity contribution in [1.82, 2.24) is 15.1 Å². The van der Waals surface area contributed by atoms with Crippen LogP contribution in [0.5, 0.6) is 0 Å². The molecule has 0 saturated carbocycles. The molecule has 8 nitrogen and oxygen atoms in total. The molecule has 104 valence electrons. The summed E-state index contributed by atoms with van der Waals surface area (Å²) < 4.78 is 5.06. The number of hydrogen-bond acceptors (Lipinski definition) is 4. The number of rotatable bonds is 2. The number of aromatic nitrogens is 2. The predicted octanol–water partition coefficient (Wildman–Crippen LogP) is 0.344. The minimum Gasteiger partial charge on any atom is -0.479 e. The molecule has 8 heteroatoms. The van der Waals surface area contributed by atoms with Crippen LogP contribution in [0.15, 0.2) is 0 Å². The second kappa shape index (κ2) is 5.27. The maximum absolute atomic E-state index is 12.1. The smallest absolute Gasteiger partial charge is 0.334 e. The number of carbonyl (C=O) groups is 2.